The zero-order valence-corrected chi connectivity index (χ0v) is 11.7. The third kappa shape index (κ3) is 1.10. The van der Waals surface area contributed by atoms with Gasteiger partial charge in [-0.25, -0.2) is 9.13 Å². The second-order valence-electron chi connectivity index (χ2n) is 5.13. The summed E-state index contributed by atoms with van der Waals surface area (Å²) in [6.07, 6.45) is 7.67. The van der Waals surface area contributed by atoms with Crippen LogP contribution in [0.15, 0.2) is 36.9 Å². The van der Waals surface area contributed by atoms with Crippen molar-refractivity contribution in [2.24, 2.45) is 7.05 Å². The minimum absolute atomic E-state index is 0.935. The molecule has 0 bridgehead atoms. The third-order valence-corrected chi connectivity index (χ3v) is 5.33. The molecule has 0 spiro atoms. The van der Waals surface area contributed by atoms with Gasteiger partial charge in [-0.1, -0.05) is 11.3 Å². The first-order valence-electron chi connectivity index (χ1n) is 6.52. The highest BCUT2D eigenvalue weighted by atomic mass is 32.1. The molecule has 0 aromatic carbocycles. The predicted molar refractivity (Wildman–Crippen MR) is 78.6 cm³/mol. The average molecular weight is 279 g/mol. The molecule has 96 valence electrons. The summed E-state index contributed by atoms with van der Waals surface area (Å²) in [6.45, 7) is 0.935. The monoisotopic (exact) mass is 279 g/mol. The van der Waals surface area contributed by atoms with E-state index in [1.54, 1.807) is 0 Å². The molecule has 0 radical (unpaired) electrons. The molecule has 5 heteroatoms. The number of hydrogen-bond donors (Lipinski definition) is 0. The number of nitrogens with zero attached hydrogens (tertiary/aromatic N) is 4. The van der Waals surface area contributed by atoms with Crippen LogP contribution in [0.2, 0.25) is 0 Å². The molecule has 5 heterocycles. The summed E-state index contributed by atoms with van der Waals surface area (Å²) in [4.78, 5) is 8.54. The molecule has 5 rings (SSSR count). The van der Waals surface area contributed by atoms with Crippen LogP contribution in [0.5, 0.6) is 0 Å². The van der Waals surface area contributed by atoms with E-state index in [2.05, 4.69) is 38.3 Å². The Hall–Kier alpha value is -2.27. The van der Waals surface area contributed by atoms with Gasteiger partial charge in [0, 0.05) is 36.4 Å². The van der Waals surface area contributed by atoms with Crippen molar-refractivity contribution in [3.63, 3.8) is 0 Å². The van der Waals surface area contributed by atoms with E-state index in [1.807, 2.05) is 36.1 Å². The molecular formula is C15H11N4S+. The van der Waals surface area contributed by atoms with Gasteiger partial charge >= 0.3 is 5.65 Å². The molecule has 0 amide bonds. The second-order valence-corrected chi connectivity index (χ2v) is 6.13. The first-order valence-corrected chi connectivity index (χ1v) is 7.34. The standard InChI is InChI=1S/C15H11N4S/c1-18-12-3-5-17-7-11(12)13-14(18)19-8-9-2-4-16-6-10(9)15(19)20-13/h2-7H,8H2,1H3/q+1. The van der Waals surface area contributed by atoms with Crippen LogP contribution in [0.25, 0.3) is 31.8 Å². The van der Waals surface area contributed by atoms with Gasteiger partial charge in [-0.05, 0) is 6.07 Å². The van der Waals surface area contributed by atoms with Crippen molar-refractivity contribution in [1.29, 1.82) is 0 Å². The summed E-state index contributed by atoms with van der Waals surface area (Å²) >= 11 is 1.84. The fraction of sp³-hybridized carbons (Fsp3) is 0.133. The van der Waals surface area contributed by atoms with Crippen molar-refractivity contribution in [3.8, 4) is 10.6 Å². The van der Waals surface area contributed by atoms with Crippen LogP contribution < -0.4 is 4.57 Å². The number of hydrogen-bond acceptors (Lipinski definition) is 3. The van der Waals surface area contributed by atoms with E-state index in [0.717, 1.165) is 6.54 Å². The van der Waals surface area contributed by atoms with Gasteiger partial charge in [-0.2, -0.15) is 0 Å². The highest BCUT2D eigenvalue weighted by Gasteiger charge is 2.32. The van der Waals surface area contributed by atoms with Gasteiger partial charge in [0.25, 0.3) is 0 Å². The van der Waals surface area contributed by atoms with Gasteiger partial charge in [0.15, 0.2) is 5.01 Å². The van der Waals surface area contributed by atoms with Crippen LogP contribution in [0.1, 0.15) is 5.56 Å². The van der Waals surface area contributed by atoms with E-state index in [4.69, 9.17) is 0 Å². The molecule has 0 aliphatic carbocycles. The second kappa shape index (κ2) is 3.43. The van der Waals surface area contributed by atoms with E-state index in [0.29, 0.717) is 0 Å². The number of rotatable bonds is 0. The van der Waals surface area contributed by atoms with E-state index in [-0.39, 0.29) is 0 Å². The Morgan fingerprint density at radius 3 is 3.00 bits per heavy atom. The lowest BCUT2D eigenvalue weighted by Crippen LogP contribution is -2.32. The van der Waals surface area contributed by atoms with Crippen LogP contribution >= 0.6 is 11.3 Å². The molecule has 0 saturated carbocycles. The van der Waals surface area contributed by atoms with Crippen molar-refractivity contribution in [2.45, 2.75) is 6.54 Å². The largest absolute Gasteiger partial charge is 0.301 e. The minimum Gasteiger partial charge on any atom is -0.264 e. The minimum atomic E-state index is 0.935. The number of aromatic nitrogens is 4. The van der Waals surface area contributed by atoms with Crippen molar-refractivity contribution in [3.05, 3.63) is 42.5 Å². The summed E-state index contributed by atoms with van der Waals surface area (Å²) in [6, 6.07) is 4.20. The Balaban J connectivity index is 1.97. The van der Waals surface area contributed by atoms with Gasteiger partial charge in [0.1, 0.15) is 16.8 Å². The van der Waals surface area contributed by atoms with E-state index >= 15 is 0 Å². The normalized spacial score (nSPS) is 13.1. The van der Waals surface area contributed by atoms with Gasteiger partial charge in [0.05, 0.1) is 18.0 Å². The molecule has 4 aromatic heterocycles. The predicted octanol–water partition coefficient (Wildman–Crippen LogP) is 2.50. The van der Waals surface area contributed by atoms with Gasteiger partial charge < -0.3 is 0 Å². The smallest absolute Gasteiger partial charge is 0.264 e. The van der Waals surface area contributed by atoms with E-state index in [9.17, 15) is 0 Å². The van der Waals surface area contributed by atoms with E-state index < -0.39 is 0 Å². The Labute approximate surface area is 119 Å². The number of pyridine rings is 2. The van der Waals surface area contributed by atoms with Crippen LogP contribution in [0, 0.1) is 0 Å². The first kappa shape index (κ1) is 10.5. The molecule has 0 N–H and O–H groups in total. The summed E-state index contributed by atoms with van der Waals surface area (Å²) in [5.41, 5.74) is 5.15. The Morgan fingerprint density at radius 1 is 1.20 bits per heavy atom. The highest BCUT2D eigenvalue weighted by molar-refractivity contribution is 7.22. The van der Waals surface area contributed by atoms with Crippen LogP contribution in [0.3, 0.4) is 0 Å². The van der Waals surface area contributed by atoms with Crippen molar-refractivity contribution < 1.29 is 4.57 Å². The lowest BCUT2D eigenvalue weighted by atomic mass is 10.2. The Morgan fingerprint density at radius 2 is 2.05 bits per heavy atom. The molecule has 0 fully saturated rings. The Bertz CT molecular complexity index is 996. The lowest BCUT2D eigenvalue weighted by molar-refractivity contribution is -0.644. The maximum atomic E-state index is 4.28. The van der Waals surface area contributed by atoms with E-state index in [1.165, 1.54) is 37.4 Å². The van der Waals surface area contributed by atoms with Crippen molar-refractivity contribution >= 4 is 32.6 Å². The number of fused-ring (bicyclic) bond motifs is 7. The highest BCUT2D eigenvalue weighted by Crippen LogP contribution is 2.38. The topological polar surface area (TPSA) is 34.6 Å². The maximum absolute atomic E-state index is 4.28. The SMILES string of the molecule is Cn1c2ccncc2c2sc3[n+](c21)Cc1ccncc1-3. The average Bonchev–Trinajstić information content (AvgIpc) is 3.09. The molecule has 4 nitrogen and oxygen atoms in total. The fourth-order valence-electron chi connectivity index (χ4n) is 3.16. The van der Waals surface area contributed by atoms with Gasteiger partial charge in [0.2, 0.25) is 0 Å². The van der Waals surface area contributed by atoms with Gasteiger partial charge in [-0.15, -0.1) is 0 Å². The maximum Gasteiger partial charge on any atom is 0.301 e. The molecule has 1 aliphatic heterocycles. The fourth-order valence-corrected chi connectivity index (χ4v) is 4.52. The van der Waals surface area contributed by atoms with Crippen LogP contribution in [0.4, 0.5) is 0 Å². The Kier molecular flexibility index (Phi) is 1.80. The van der Waals surface area contributed by atoms with Crippen molar-refractivity contribution in [1.82, 2.24) is 14.5 Å². The molecule has 4 aromatic rings. The molecule has 0 atom stereocenters. The quantitative estimate of drug-likeness (QED) is 0.408. The summed E-state index contributed by atoms with van der Waals surface area (Å²) < 4.78 is 5.98. The first-order chi connectivity index (χ1) is 9.84. The number of aryl methyl sites for hydroxylation is 1. The van der Waals surface area contributed by atoms with Crippen molar-refractivity contribution in [2.75, 3.05) is 0 Å². The van der Waals surface area contributed by atoms with Gasteiger partial charge in [-0.3, -0.25) is 9.97 Å². The molecule has 20 heavy (non-hydrogen) atoms. The lowest BCUT2D eigenvalue weighted by Gasteiger charge is -1.93. The molecular weight excluding hydrogens is 268 g/mol. The third-order valence-electron chi connectivity index (χ3n) is 4.09. The zero-order valence-electron chi connectivity index (χ0n) is 10.9. The molecule has 1 aliphatic rings. The number of thiazole rings is 1. The summed E-state index contributed by atoms with van der Waals surface area (Å²) in [7, 11) is 2.13. The summed E-state index contributed by atoms with van der Waals surface area (Å²) in [5.74, 6) is 0. The molecule has 0 unspecified atom stereocenters. The molecule has 0 saturated heterocycles. The zero-order chi connectivity index (χ0) is 13.3. The van der Waals surface area contributed by atoms with Crippen LogP contribution in [-0.2, 0) is 13.6 Å². The summed E-state index contributed by atoms with van der Waals surface area (Å²) in [5, 5.41) is 2.54. The van der Waals surface area contributed by atoms with Crippen LogP contribution in [-0.4, -0.2) is 14.5 Å².